The van der Waals surface area contributed by atoms with Gasteiger partial charge in [-0.05, 0) is 13.3 Å². The minimum Gasteiger partial charge on any atom is -0.435 e. The average molecular weight is 230 g/mol. The second kappa shape index (κ2) is 4.72. The highest BCUT2D eigenvalue weighted by Crippen LogP contribution is 2.32. The first-order valence-corrected chi connectivity index (χ1v) is 5.81. The Bertz CT molecular complexity index is 256. The molecule has 1 fully saturated rings. The van der Waals surface area contributed by atoms with Crippen LogP contribution in [0.1, 0.15) is 41.0 Å². The van der Waals surface area contributed by atoms with Crippen LogP contribution in [0.15, 0.2) is 0 Å². The first-order valence-electron chi connectivity index (χ1n) is 5.81. The largest absolute Gasteiger partial charge is 0.435 e. The van der Waals surface area contributed by atoms with Crippen molar-refractivity contribution in [2.75, 3.05) is 0 Å². The van der Waals surface area contributed by atoms with E-state index in [-0.39, 0.29) is 17.5 Å². The maximum absolute atomic E-state index is 11.8. The first kappa shape index (κ1) is 13.5. The van der Waals surface area contributed by atoms with Crippen molar-refractivity contribution >= 4 is 5.97 Å². The number of aliphatic hydroxyl groups is 1. The summed E-state index contributed by atoms with van der Waals surface area (Å²) in [5, 5.41) is 9.73. The van der Waals surface area contributed by atoms with Crippen LogP contribution in [0.25, 0.3) is 0 Å². The summed E-state index contributed by atoms with van der Waals surface area (Å²) in [5.41, 5.74) is -0.244. The lowest BCUT2D eigenvalue weighted by Crippen LogP contribution is -2.51. The van der Waals surface area contributed by atoms with E-state index in [0.717, 1.165) is 0 Å². The topological polar surface area (TPSA) is 55.8 Å². The molecule has 0 aromatic rings. The highest BCUT2D eigenvalue weighted by Gasteiger charge is 2.44. The van der Waals surface area contributed by atoms with Gasteiger partial charge in [-0.3, -0.25) is 4.79 Å². The van der Waals surface area contributed by atoms with Gasteiger partial charge < -0.3 is 14.6 Å². The number of carbonyl (C=O) groups excluding carboxylic acids is 1. The van der Waals surface area contributed by atoms with E-state index in [1.165, 1.54) is 0 Å². The quantitative estimate of drug-likeness (QED) is 0.734. The molecule has 0 saturated carbocycles. The van der Waals surface area contributed by atoms with Crippen LogP contribution in [0.4, 0.5) is 0 Å². The van der Waals surface area contributed by atoms with E-state index in [2.05, 4.69) is 0 Å². The first-order chi connectivity index (χ1) is 7.27. The zero-order valence-electron chi connectivity index (χ0n) is 10.7. The predicted octanol–water partition coefficient (Wildman–Crippen LogP) is 1.71. The van der Waals surface area contributed by atoms with Crippen molar-refractivity contribution in [2.24, 2.45) is 11.3 Å². The summed E-state index contributed by atoms with van der Waals surface area (Å²) in [5.74, 6) is -0.920. The van der Waals surface area contributed by atoms with Gasteiger partial charge in [0.25, 0.3) is 0 Å². The van der Waals surface area contributed by atoms with Crippen LogP contribution in [0.5, 0.6) is 0 Å². The molecule has 0 aromatic heterocycles. The van der Waals surface area contributed by atoms with Gasteiger partial charge in [0.1, 0.15) is 5.92 Å². The molecule has 0 radical (unpaired) electrons. The summed E-state index contributed by atoms with van der Waals surface area (Å²) in [4.78, 5) is 11.8. The molecule has 1 rings (SSSR count). The lowest BCUT2D eigenvalue weighted by Gasteiger charge is -2.40. The summed E-state index contributed by atoms with van der Waals surface area (Å²) in [6.07, 6.45) is -1.01. The van der Waals surface area contributed by atoms with Crippen LogP contribution in [-0.2, 0) is 14.3 Å². The molecule has 1 aliphatic heterocycles. The molecule has 1 heterocycles. The molecule has 1 aliphatic rings. The summed E-state index contributed by atoms with van der Waals surface area (Å²) in [6.45, 7) is 9.50. The Morgan fingerprint density at radius 2 is 2.00 bits per heavy atom. The highest BCUT2D eigenvalue weighted by atomic mass is 16.7. The molecule has 94 valence electrons. The van der Waals surface area contributed by atoms with E-state index in [4.69, 9.17) is 9.47 Å². The van der Waals surface area contributed by atoms with Crippen molar-refractivity contribution in [3.63, 3.8) is 0 Å². The van der Waals surface area contributed by atoms with Crippen LogP contribution in [-0.4, -0.2) is 29.6 Å². The van der Waals surface area contributed by atoms with Gasteiger partial charge in [0, 0.05) is 5.41 Å². The standard InChI is InChI=1S/C12H22O4/c1-6-8(13)9-7(2)15-11(12(3,4)5)16-10(9)14/h7-9,11,13H,6H2,1-5H3/t7-,8+,9+,11-/m1/s1. The summed E-state index contributed by atoms with van der Waals surface area (Å²) >= 11 is 0. The maximum atomic E-state index is 11.8. The SMILES string of the molecule is CC[C@H](O)[C@H]1C(=O)O[C@H](C(C)(C)C)O[C@@H]1C. The van der Waals surface area contributed by atoms with E-state index < -0.39 is 18.3 Å². The lowest BCUT2D eigenvalue weighted by molar-refractivity contribution is -0.261. The molecule has 4 atom stereocenters. The molecule has 0 bridgehead atoms. The van der Waals surface area contributed by atoms with Crippen LogP contribution < -0.4 is 0 Å². The van der Waals surface area contributed by atoms with Gasteiger partial charge in [-0.2, -0.15) is 0 Å². The smallest absolute Gasteiger partial charge is 0.316 e. The molecule has 4 nitrogen and oxygen atoms in total. The van der Waals surface area contributed by atoms with Crippen LogP contribution in [0.2, 0.25) is 0 Å². The number of rotatable bonds is 2. The van der Waals surface area contributed by atoms with Gasteiger partial charge >= 0.3 is 5.97 Å². The molecular formula is C12H22O4. The molecule has 0 spiro atoms. The van der Waals surface area contributed by atoms with Gasteiger partial charge in [0.2, 0.25) is 6.29 Å². The fourth-order valence-electron chi connectivity index (χ4n) is 1.79. The van der Waals surface area contributed by atoms with Crippen LogP contribution in [0.3, 0.4) is 0 Å². The maximum Gasteiger partial charge on any atom is 0.316 e. The third kappa shape index (κ3) is 2.74. The molecule has 16 heavy (non-hydrogen) atoms. The minimum atomic E-state index is -0.691. The van der Waals surface area contributed by atoms with Gasteiger partial charge in [-0.25, -0.2) is 0 Å². The third-order valence-corrected chi connectivity index (χ3v) is 2.88. The van der Waals surface area contributed by atoms with E-state index in [0.29, 0.717) is 6.42 Å². The number of ether oxygens (including phenoxy) is 2. The van der Waals surface area contributed by atoms with Gasteiger partial charge in [-0.15, -0.1) is 0 Å². The second-order valence-electron chi connectivity index (χ2n) is 5.48. The molecule has 1 saturated heterocycles. The highest BCUT2D eigenvalue weighted by molar-refractivity contribution is 5.74. The minimum absolute atomic E-state index is 0.244. The van der Waals surface area contributed by atoms with E-state index >= 15 is 0 Å². The Morgan fingerprint density at radius 1 is 1.44 bits per heavy atom. The summed E-state index contributed by atoms with van der Waals surface area (Å²) < 4.78 is 10.9. The number of hydrogen-bond acceptors (Lipinski definition) is 4. The van der Waals surface area contributed by atoms with Crippen molar-refractivity contribution in [1.29, 1.82) is 0 Å². The Morgan fingerprint density at radius 3 is 2.38 bits per heavy atom. The van der Waals surface area contributed by atoms with Crippen LogP contribution in [0, 0.1) is 11.3 Å². The molecule has 0 aliphatic carbocycles. The third-order valence-electron chi connectivity index (χ3n) is 2.88. The van der Waals surface area contributed by atoms with Crippen LogP contribution >= 0.6 is 0 Å². The molecule has 1 N–H and O–H groups in total. The number of esters is 1. The lowest BCUT2D eigenvalue weighted by atomic mass is 9.90. The van der Waals surface area contributed by atoms with E-state index in [9.17, 15) is 9.90 Å². The molecular weight excluding hydrogens is 208 g/mol. The Kier molecular flexibility index (Phi) is 3.97. The number of aliphatic hydroxyl groups excluding tert-OH is 1. The molecule has 0 amide bonds. The summed E-state index contributed by atoms with van der Waals surface area (Å²) in [7, 11) is 0. The normalized spacial score (nSPS) is 33.4. The molecule has 0 aromatic carbocycles. The van der Waals surface area contributed by atoms with Crippen molar-refractivity contribution in [3.05, 3.63) is 0 Å². The molecule has 0 unspecified atom stereocenters. The van der Waals surface area contributed by atoms with Crippen molar-refractivity contribution in [3.8, 4) is 0 Å². The average Bonchev–Trinajstić information content (AvgIpc) is 2.14. The summed E-state index contributed by atoms with van der Waals surface area (Å²) in [6, 6.07) is 0. The Hall–Kier alpha value is -0.610. The number of hydrogen-bond donors (Lipinski definition) is 1. The zero-order chi connectivity index (χ0) is 12.5. The van der Waals surface area contributed by atoms with Gasteiger partial charge in [0.05, 0.1) is 12.2 Å². The Balaban J connectivity index is 2.76. The number of carbonyl (C=O) groups is 1. The Labute approximate surface area is 96.9 Å². The van der Waals surface area contributed by atoms with E-state index in [1.807, 2.05) is 34.6 Å². The second-order valence-corrected chi connectivity index (χ2v) is 5.48. The predicted molar refractivity (Wildman–Crippen MR) is 59.7 cm³/mol. The fourth-order valence-corrected chi connectivity index (χ4v) is 1.79. The zero-order valence-corrected chi connectivity index (χ0v) is 10.7. The van der Waals surface area contributed by atoms with E-state index in [1.54, 1.807) is 0 Å². The van der Waals surface area contributed by atoms with Crippen molar-refractivity contribution in [1.82, 2.24) is 0 Å². The van der Waals surface area contributed by atoms with Crippen molar-refractivity contribution < 1.29 is 19.4 Å². The fraction of sp³-hybridized carbons (Fsp3) is 0.917. The monoisotopic (exact) mass is 230 g/mol. The van der Waals surface area contributed by atoms with Gasteiger partial charge in [-0.1, -0.05) is 27.7 Å². The molecule has 4 heteroatoms. The number of cyclic esters (lactones) is 1. The van der Waals surface area contributed by atoms with Crippen molar-refractivity contribution in [2.45, 2.75) is 59.5 Å². The van der Waals surface area contributed by atoms with Gasteiger partial charge in [0.15, 0.2) is 0 Å².